The van der Waals surface area contributed by atoms with Gasteiger partial charge in [0, 0.05) is 24.8 Å². The summed E-state index contributed by atoms with van der Waals surface area (Å²) in [5, 5.41) is 7.97. The lowest BCUT2D eigenvalue weighted by Crippen LogP contribution is -2.13. The van der Waals surface area contributed by atoms with Crippen molar-refractivity contribution >= 4 is 6.21 Å². The minimum Gasteiger partial charge on any atom is -0.312 e. The number of aryl methyl sites for hydroxylation is 1. The Bertz CT molecular complexity index is 616. The molecule has 2 rings (SSSR count). The largest absolute Gasteiger partial charge is 0.312 e. The van der Waals surface area contributed by atoms with Gasteiger partial charge in [-0.2, -0.15) is 0 Å². The number of aromatic nitrogens is 2. The Morgan fingerprint density at radius 1 is 1.00 bits per heavy atom. The molecule has 116 valence electrons. The fourth-order valence-electron chi connectivity index (χ4n) is 2.96. The molecule has 1 aromatic carbocycles. The van der Waals surface area contributed by atoms with E-state index in [-0.39, 0.29) is 5.92 Å². The van der Waals surface area contributed by atoms with Crippen molar-refractivity contribution in [2.45, 2.75) is 52.4 Å². The van der Waals surface area contributed by atoms with E-state index in [2.05, 4.69) is 56.7 Å². The highest BCUT2D eigenvalue weighted by atomic mass is 14.8. The van der Waals surface area contributed by atoms with Crippen molar-refractivity contribution < 1.29 is 0 Å². The van der Waals surface area contributed by atoms with Gasteiger partial charge >= 0.3 is 0 Å². The van der Waals surface area contributed by atoms with Crippen LogP contribution in [-0.2, 0) is 0 Å². The van der Waals surface area contributed by atoms with Crippen LogP contribution in [0.1, 0.15) is 73.4 Å². The molecule has 1 unspecified atom stereocenters. The summed E-state index contributed by atoms with van der Waals surface area (Å²) in [4.78, 5) is 8.62. The summed E-state index contributed by atoms with van der Waals surface area (Å²) in [7, 11) is 0. The molecular formula is C19H25N3. The summed E-state index contributed by atoms with van der Waals surface area (Å²) < 4.78 is 0. The molecule has 2 aromatic rings. The molecule has 0 aliphatic rings. The van der Waals surface area contributed by atoms with E-state index < -0.39 is 0 Å². The summed E-state index contributed by atoms with van der Waals surface area (Å²) in [5.74, 6) is 0.683. The topological polar surface area (TPSA) is 49.6 Å². The van der Waals surface area contributed by atoms with E-state index in [1.165, 1.54) is 28.5 Å². The van der Waals surface area contributed by atoms with Gasteiger partial charge in [0.2, 0.25) is 0 Å². The summed E-state index contributed by atoms with van der Waals surface area (Å²) in [6.07, 6.45) is 6.63. The second-order valence-corrected chi connectivity index (χ2v) is 6.44. The fraction of sp³-hybridized carbons (Fsp3) is 0.421. The van der Waals surface area contributed by atoms with Crippen LogP contribution in [0, 0.1) is 12.3 Å². The van der Waals surface area contributed by atoms with Crippen molar-refractivity contribution in [2.24, 2.45) is 0 Å². The van der Waals surface area contributed by atoms with Crippen molar-refractivity contribution in [1.82, 2.24) is 9.97 Å². The van der Waals surface area contributed by atoms with Crippen molar-refractivity contribution in [2.75, 3.05) is 0 Å². The molecule has 22 heavy (non-hydrogen) atoms. The maximum absolute atomic E-state index is 7.97. The Morgan fingerprint density at radius 3 is 2.00 bits per heavy atom. The molecule has 1 N–H and O–H groups in total. The number of hydrogen-bond acceptors (Lipinski definition) is 3. The Hall–Kier alpha value is -2.03. The van der Waals surface area contributed by atoms with Gasteiger partial charge in [-0.05, 0) is 35.4 Å². The first kappa shape index (κ1) is 16.3. The summed E-state index contributed by atoms with van der Waals surface area (Å²) in [6, 6.07) is 4.50. The second-order valence-electron chi connectivity index (χ2n) is 6.44. The van der Waals surface area contributed by atoms with Crippen LogP contribution in [0.15, 0.2) is 30.7 Å². The Morgan fingerprint density at radius 2 is 1.59 bits per heavy atom. The molecule has 0 spiro atoms. The molecule has 1 heterocycles. The van der Waals surface area contributed by atoms with E-state index in [0.29, 0.717) is 11.8 Å². The van der Waals surface area contributed by atoms with Gasteiger partial charge in [-0.3, -0.25) is 9.97 Å². The van der Waals surface area contributed by atoms with Crippen LogP contribution in [0.3, 0.4) is 0 Å². The van der Waals surface area contributed by atoms with Crippen LogP contribution < -0.4 is 0 Å². The van der Waals surface area contributed by atoms with E-state index in [1.807, 2.05) is 0 Å². The fourth-order valence-corrected chi connectivity index (χ4v) is 2.96. The average Bonchev–Trinajstić information content (AvgIpc) is 2.49. The van der Waals surface area contributed by atoms with Crippen molar-refractivity contribution in [3.63, 3.8) is 0 Å². The van der Waals surface area contributed by atoms with Gasteiger partial charge in [0.25, 0.3) is 0 Å². The van der Waals surface area contributed by atoms with E-state index in [0.717, 1.165) is 5.69 Å². The first-order valence-electron chi connectivity index (χ1n) is 7.86. The van der Waals surface area contributed by atoms with Crippen LogP contribution in [-0.4, -0.2) is 16.2 Å². The molecule has 1 atom stereocenters. The summed E-state index contributed by atoms with van der Waals surface area (Å²) in [6.45, 7) is 11.0. The van der Waals surface area contributed by atoms with Crippen LogP contribution in [0.25, 0.3) is 0 Å². The molecule has 0 saturated carbocycles. The summed E-state index contributed by atoms with van der Waals surface area (Å²) in [5.41, 5.74) is 5.96. The van der Waals surface area contributed by atoms with E-state index in [1.54, 1.807) is 18.6 Å². The van der Waals surface area contributed by atoms with Crippen LogP contribution >= 0.6 is 0 Å². The molecule has 0 radical (unpaired) electrons. The first-order chi connectivity index (χ1) is 10.5. The monoisotopic (exact) mass is 295 g/mol. The normalized spacial score (nSPS) is 12.7. The predicted octanol–water partition coefficient (Wildman–Crippen LogP) is 4.81. The Kier molecular flexibility index (Phi) is 5.07. The third kappa shape index (κ3) is 3.24. The van der Waals surface area contributed by atoms with Crippen molar-refractivity contribution in [3.8, 4) is 0 Å². The zero-order chi connectivity index (χ0) is 16.3. The van der Waals surface area contributed by atoms with Crippen LogP contribution in [0.2, 0.25) is 0 Å². The second kappa shape index (κ2) is 6.82. The van der Waals surface area contributed by atoms with E-state index in [9.17, 15) is 0 Å². The lowest BCUT2D eigenvalue weighted by molar-refractivity contribution is 0.787. The summed E-state index contributed by atoms with van der Waals surface area (Å²) >= 11 is 0. The van der Waals surface area contributed by atoms with Gasteiger partial charge in [0.05, 0.1) is 11.6 Å². The van der Waals surface area contributed by atoms with Crippen molar-refractivity contribution in [3.05, 3.63) is 58.7 Å². The standard InChI is InChI=1S/C19H25N3/c1-12(2)15-8-14(5)9-16(13(3)4)19(15)17(10-20)18-11-21-6-7-22-18/h6-13,17,20H,1-5H3. The van der Waals surface area contributed by atoms with Crippen molar-refractivity contribution in [1.29, 1.82) is 5.41 Å². The molecule has 0 aliphatic heterocycles. The maximum atomic E-state index is 7.97. The lowest BCUT2D eigenvalue weighted by atomic mass is 9.80. The third-order valence-corrected chi connectivity index (χ3v) is 4.01. The van der Waals surface area contributed by atoms with Gasteiger partial charge in [0.15, 0.2) is 0 Å². The SMILES string of the molecule is Cc1cc(C(C)C)c(C(C=N)c2cnccn2)c(C(C)C)c1. The zero-order valence-corrected chi connectivity index (χ0v) is 14.1. The highest BCUT2D eigenvalue weighted by molar-refractivity contribution is 5.72. The minimum absolute atomic E-state index is 0.135. The van der Waals surface area contributed by atoms with Gasteiger partial charge in [0.1, 0.15) is 0 Å². The molecule has 3 nitrogen and oxygen atoms in total. The smallest absolute Gasteiger partial charge is 0.0714 e. The minimum atomic E-state index is -0.135. The van der Waals surface area contributed by atoms with Crippen LogP contribution in [0.4, 0.5) is 0 Å². The van der Waals surface area contributed by atoms with Crippen LogP contribution in [0.5, 0.6) is 0 Å². The van der Waals surface area contributed by atoms with Gasteiger partial charge in [-0.1, -0.05) is 45.4 Å². The quantitative estimate of drug-likeness (QED) is 0.804. The Balaban J connectivity index is 2.72. The first-order valence-corrected chi connectivity index (χ1v) is 7.86. The molecular weight excluding hydrogens is 270 g/mol. The number of nitrogens with one attached hydrogen (secondary N) is 1. The number of nitrogens with zero attached hydrogens (tertiary/aromatic N) is 2. The highest BCUT2D eigenvalue weighted by Gasteiger charge is 2.23. The third-order valence-electron chi connectivity index (χ3n) is 4.01. The average molecular weight is 295 g/mol. The lowest BCUT2D eigenvalue weighted by Gasteiger charge is -2.25. The Labute approximate surface area is 133 Å². The molecule has 1 aromatic heterocycles. The maximum Gasteiger partial charge on any atom is 0.0714 e. The predicted molar refractivity (Wildman–Crippen MR) is 92.0 cm³/mol. The van der Waals surface area contributed by atoms with Gasteiger partial charge < -0.3 is 5.41 Å². The number of benzene rings is 1. The molecule has 3 heteroatoms. The van der Waals surface area contributed by atoms with E-state index in [4.69, 9.17) is 5.41 Å². The number of hydrogen-bond donors (Lipinski definition) is 1. The van der Waals surface area contributed by atoms with Gasteiger partial charge in [-0.15, -0.1) is 0 Å². The molecule has 0 fully saturated rings. The molecule has 0 aliphatic carbocycles. The van der Waals surface area contributed by atoms with Gasteiger partial charge in [-0.25, -0.2) is 0 Å². The molecule has 0 amide bonds. The van der Waals surface area contributed by atoms with E-state index >= 15 is 0 Å². The number of rotatable bonds is 5. The molecule has 0 saturated heterocycles. The molecule has 0 bridgehead atoms. The zero-order valence-electron chi connectivity index (χ0n) is 14.1. The highest BCUT2D eigenvalue weighted by Crippen LogP contribution is 2.36.